The van der Waals surface area contributed by atoms with Gasteiger partial charge in [-0.15, -0.1) is 0 Å². The summed E-state index contributed by atoms with van der Waals surface area (Å²) in [6, 6.07) is 31.8. The highest BCUT2D eigenvalue weighted by molar-refractivity contribution is 7.75. The molecular formula is C22H19P. The molecule has 0 bridgehead atoms. The van der Waals surface area contributed by atoms with E-state index >= 15 is 0 Å². The van der Waals surface area contributed by atoms with Gasteiger partial charge < -0.3 is 0 Å². The average Bonchev–Trinajstić information content (AvgIpc) is 2.64. The number of hydrogen-bond donors (Lipinski definition) is 0. The molecule has 0 saturated carbocycles. The Morgan fingerprint density at radius 3 is 1.52 bits per heavy atom. The Morgan fingerprint density at radius 1 is 0.522 bits per heavy atom. The molecule has 0 aliphatic rings. The molecule has 23 heavy (non-hydrogen) atoms. The molecular weight excluding hydrogens is 295 g/mol. The van der Waals surface area contributed by atoms with Crippen LogP contribution in [0.5, 0.6) is 0 Å². The molecule has 0 atom stereocenters. The highest BCUT2D eigenvalue weighted by Crippen LogP contribution is 2.34. The molecule has 3 aromatic carbocycles. The molecule has 0 aromatic heterocycles. The standard InChI is InChI=1S/C22H19P/c1-4-12-20(13-5-1)14-10-11-19-23(21-15-6-2-7-16-21)22-17-8-3-9-18-22/h1-19H/b14-10+,19-11-. The van der Waals surface area contributed by atoms with Gasteiger partial charge in [-0.3, -0.25) is 0 Å². The van der Waals surface area contributed by atoms with E-state index in [9.17, 15) is 0 Å². The lowest BCUT2D eigenvalue weighted by molar-refractivity contribution is 1.66. The van der Waals surface area contributed by atoms with Gasteiger partial charge in [0.25, 0.3) is 0 Å². The molecule has 0 fully saturated rings. The van der Waals surface area contributed by atoms with Crippen molar-refractivity contribution in [3.05, 3.63) is 115 Å². The topological polar surface area (TPSA) is 0 Å². The van der Waals surface area contributed by atoms with Crippen molar-refractivity contribution in [2.75, 3.05) is 0 Å². The van der Waals surface area contributed by atoms with Gasteiger partial charge >= 0.3 is 0 Å². The van der Waals surface area contributed by atoms with Crippen LogP contribution in [0.25, 0.3) is 6.08 Å². The Kier molecular flexibility index (Phi) is 5.56. The van der Waals surface area contributed by atoms with E-state index in [4.69, 9.17) is 0 Å². The number of allylic oxidation sites excluding steroid dienone is 2. The third-order valence-corrected chi connectivity index (χ3v) is 5.68. The van der Waals surface area contributed by atoms with Crippen LogP contribution >= 0.6 is 7.92 Å². The average molecular weight is 314 g/mol. The van der Waals surface area contributed by atoms with Gasteiger partial charge in [0.2, 0.25) is 0 Å². The first-order valence-electron chi connectivity index (χ1n) is 7.73. The lowest BCUT2D eigenvalue weighted by Gasteiger charge is -2.13. The Morgan fingerprint density at radius 2 is 1.00 bits per heavy atom. The quantitative estimate of drug-likeness (QED) is 0.440. The normalized spacial score (nSPS) is 11.5. The molecule has 0 radical (unpaired) electrons. The first-order chi connectivity index (χ1) is 11.4. The second-order valence-electron chi connectivity index (χ2n) is 5.15. The van der Waals surface area contributed by atoms with Crippen molar-refractivity contribution in [1.29, 1.82) is 0 Å². The van der Waals surface area contributed by atoms with Crippen LogP contribution in [0.1, 0.15) is 5.56 Å². The predicted molar refractivity (Wildman–Crippen MR) is 104 cm³/mol. The maximum absolute atomic E-state index is 2.32. The summed E-state index contributed by atoms with van der Waals surface area (Å²) >= 11 is 0. The third-order valence-electron chi connectivity index (χ3n) is 3.50. The summed E-state index contributed by atoms with van der Waals surface area (Å²) < 4.78 is 0. The molecule has 3 aromatic rings. The number of rotatable bonds is 5. The molecule has 0 aliphatic heterocycles. The number of hydrogen-bond acceptors (Lipinski definition) is 0. The summed E-state index contributed by atoms with van der Waals surface area (Å²) in [5.74, 6) is 2.32. The van der Waals surface area contributed by atoms with Gasteiger partial charge in [-0.05, 0) is 24.1 Å². The Bertz CT molecular complexity index is 719. The Labute approximate surface area is 139 Å². The van der Waals surface area contributed by atoms with Crippen LogP contribution in [0.15, 0.2) is 109 Å². The highest BCUT2D eigenvalue weighted by atomic mass is 31.1. The summed E-state index contributed by atoms with van der Waals surface area (Å²) in [6.07, 6.45) is 6.43. The first kappa shape index (κ1) is 15.5. The zero-order valence-electron chi connectivity index (χ0n) is 12.9. The fourth-order valence-electron chi connectivity index (χ4n) is 2.36. The molecule has 0 unspecified atom stereocenters. The van der Waals surface area contributed by atoms with Crippen molar-refractivity contribution in [1.82, 2.24) is 0 Å². The fraction of sp³-hybridized carbons (Fsp3) is 0. The maximum Gasteiger partial charge on any atom is -0.0157 e. The highest BCUT2D eigenvalue weighted by Gasteiger charge is 2.08. The number of benzene rings is 3. The summed E-state index contributed by atoms with van der Waals surface area (Å²) in [7, 11) is -0.463. The molecule has 3 rings (SSSR count). The van der Waals surface area contributed by atoms with Crippen LogP contribution in [0, 0.1) is 0 Å². The van der Waals surface area contributed by atoms with Crippen molar-refractivity contribution >= 4 is 24.6 Å². The molecule has 0 spiro atoms. The summed E-state index contributed by atoms with van der Waals surface area (Å²) in [6.45, 7) is 0. The monoisotopic (exact) mass is 314 g/mol. The van der Waals surface area contributed by atoms with Crippen molar-refractivity contribution in [2.45, 2.75) is 0 Å². The smallest absolute Gasteiger partial charge is 0.0157 e. The van der Waals surface area contributed by atoms with Crippen LogP contribution in [0.3, 0.4) is 0 Å². The summed E-state index contributed by atoms with van der Waals surface area (Å²) in [5.41, 5.74) is 1.22. The molecule has 0 nitrogen and oxygen atoms in total. The van der Waals surface area contributed by atoms with Crippen LogP contribution in [-0.2, 0) is 0 Å². The predicted octanol–water partition coefficient (Wildman–Crippen LogP) is 5.35. The maximum atomic E-state index is 2.32. The van der Waals surface area contributed by atoms with Gasteiger partial charge in [-0.1, -0.05) is 115 Å². The van der Waals surface area contributed by atoms with Crippen LogP contribution in [0.2, 0.25) is 0 Å². The zero-order chi connectivity index (χ0) is 15.7. The molecule has 0 heterocycles. The fourth-order valence-corrected chi connectivity index (χ4v) is 4.27. The van der Waals surface area contributed by atoms with Gasteiger partial charge in [-0.2, -0.15) is 0 Å². The minimum Gasteiger partial charge on any atom is -0.0622 e. The van der Waals surface area contributed by atoms with E-state index < -0.39 is 7.92 Å². The molecule has 1 heteroatoms. The van der Waals surface area contributed by atoms with E-state index in [2.05, 4.69) is 109 Å². The van der Waals surface area contributed by atoms with E-state index in [0.717, 1.165) is 0 Å². The first-order valence-corrected chi connectivity index (χ1v) is 9.14. The Hall–Kier alpha value is -2.43. The van der Waals surface area contributed by atoms with Crippen LogP contribution in [-0.4, -0.2) is 0 Å². The Balaban J connectivity index is 1.82. The molecule has 0 amide bonds. The van der Waals surface area contributed by atoms with Gasteiger partial charge in [0.05, 0.1) is 0 Å². The largest absolute Gasteiger partial charge is 0.0622 e. The summed E-state index contributed by atoms with van der Waals surface area (Å²) in [5, 5.41) is 2.75. The van der Waals surface area contributed by atoms with Crippen molar-refractivity contribution in [3.63, 3.8) is 0 Å². The van der Waals surface area contributed by atoms with Gasteiger partial charge in [0.1, 0.15) is 0 Å². The van der Waals surface area contributed by atoms with Gasteiger partial charge in [0.15, 0.2) is 0 Å². The van der Waals surface area contributed by atoms with Crippen LogP contribution in [0.4, 0.5) is 0 Å². The van der Waals surface area contributed by atoms with E-state index in [1.54, 1.807) is 0 Å². The zero-order valence-corrected chi connectivity index (χ0v) is 13.8. The van der Waals surface area contributed by atoms with Crippen LogP contribution < -0.4 is 10.6 Å². The molecule has 0 aliphatic carbocycles. The molecule has 0 N–H and O–H groups in total. The van der Waals surface area contributed by atoms with Gasteiger partial charge in [0, 0.05) is 0 Å². The minimum atomic E-state index is -0.463. The van der Waals surface area contributed by atoms with Crippen molar-refractivity contribution < 1.29 is 0 Å². The SMILES string of the molecule is C(=C/P(c1ccccc1)c1ccccc1)/C=C/c1ccccc1. The van der Waals surface area contributed by atoms with E-state index in [1.165, 1.54) is 16.2 Å². The second kappa shape index (κ2) is 8.27. The van der Waals surface area contributed by atoms with E-state index in [1.807, 2.05) is 6.07 Å². The lowest BCUT2D eigenvalue weighted by atomic mass is 10.2. The van der Waals surface area contributed by atoms with Gasteiger partial charge in [-0.25, -0.2) is 0 Å². The molecule has 0 saturated heterocycles. The van der Waals surface area contributed by atoms with E-state index in [-0.39, 0.29) is 0 Å². The minimum absolute atomic E-state index is 0.463. The van der Waals surface area contributed by atoms with Crippen molar-refractivity contribution in [3.8, 4) is 0 Å². The lowest BCUT2D eigenvalue weighted by Crippen LogP contribution is -2.09. The molecule has 112 valence electrons. The second-order valence-corrected chi connectivity index (χ2v) is 7.22. The summed E-state index contributed by atoms with van der Waals surface area (Å²) in [4.78, 5) is 0. The third kappa shape index (κ3) is 4.52. The van der Waals surface area contributed by atoms with Crippen molar-refractivity contribution in [2.24, 2.45) is 0 Å². The van der Waals surface area contributed by atoms with E-state index in [0.29, 0.717) is 0 Å².